The first-order chi connectivity index (χ1) is 7.28. The minimum absolute atomic E-state index is 0.657. The predicted molar refractivity (Wildman–Crippen MR) is 42.3 cm³/mol. The van der Waals surface area contributed by atoms with Crippen molar-refractivity contribution in [3.05, 3.63) is 18.0 Å². The first-order valence-electron chi connectivity index (χ1n) is 3.50. The third-order valence-corrected chi connectivity index (χ3v) is 2.24. The van der Waals surface area contributed by atoms with Gasteiger partial charge in [-0.1, -0.05) is 0 Å². The zero-order valence-corrected chi connectivity index (χ0v) is 8.08. The van der Waals surface area contributed by atoms with E-state index in [2.05, 4.69) is 14.4 Å². The van der Waals surface area contributed by atoms with Gasteiger partial charge >= 0.3 is 15.6 Å². The molecule has 0 aromatic carbocycles. The van der Waals surface area contributed by atoms with Crippen LogP contribution in [0.5, 0.6) is 5.75 Å². The Kier molecular flexibility index (Phi) is 2.99. The average Bonchev–Trinajstić information content (AvgIpc) is 2.16. The van der Waals surface area contributed by atoms with Crippen LogP contribution in [-0.2, 0) is 10.1 Å². The summed E-state index contributed by atoms with van der Waals surface area (Å²) in [5.41, 5.74) is -6.22. The summed E-state index contributed by atoms with van der Waals surface area (Å²) in [5, 5.41) is 14.7. The van der Waals surface area contributed by atoms with E-state index in [1.807, 2.05) is 0 Å². The lowest BCUT2D eigenvalue weighted by Crippen LogP contribution is -2.28. The molecule has 0 aliphatic heterocycles. The monoisotopic (exact) mass is 253 g/mol. The standard InChI is InChI=1S/C6H2F3N3O3S/c7-6(8,9)16(13,14)15-5-1-2-11-12-4(5)3-10/h1-2H. The number of nitriles is 1. The highest BCUT2D eigenvalue weighted by Crippen LogP contribution is 2.27. The number of halogens is 3. The molecule has 0 aliphatic carbocycles. The number of rotatable bonds is 2. The van der Waals surface area contributed by atoms with E-state index in [1.165, 1.54) is 6.07 Å². The molecule has 10 heteroatoms. The Hall–Kier alpha value is -1.89. The van der Waals surface area contributed by atoms with Crippen LogP contribution in [0.25, 0.3) is 0 Å². The van der Waals surface area contributed by atoms with Gasteiger partial charge < -0.3 is 4.18 Å². The van der Waals surface area contributed by atoms with Gasteiger partial charge in [0.05, 0.1) is 6.20 Å². The topological polar surface area (TPSA) is 92.9 Å². The van der Waals surface area contributed by atoms with Crippen molar-refractivity contribution in [2.45, 2.75) is 5.51 Å². The largest absolute Gasteiger partial charge is 0.534 e. The lowest BCUT2D eigenvalue weighted by molar-refractivity contribution is -0.0500. The number of hydrogen-bond donors (Lipinski definition) is 0. The summed E-state index contributed by atoms with van der Waals surface area (Å²) in [6.45, 7) is 0. The molecule has 0 aliphatic rings. The van der Waals surface area contributed by atoms with E-state index in [0.717, 1.165) is 12.3 Å². The molecule has 0 N–H and O–H groups in total. The third-order valence-electron chi connectivity index (χ3n) is 1.27. The highest BCUT2D eigenvalue weighted by atomic mass is 32.2. The van der Waals surface area contributed by atoms with Crippen molar-refractivity contribution >= 4 is 10.1 Å². The van der Waals surface area contributed by atoms with Gasteiger partial charge in [0.25, 0.3) is 0 Å². The second kappa shape index (κ2) is 3.93. The number of alkyl halides is 3. The second-order valence-electron chi connectivity index (χ2n) is 2.34. The van der Waals surface area contributed by atoms with Crippen molar-refractivity contribution < 1.29 is 25.8 Å². The number of aromatic nitrogens is 2. The molecule has 0 atom stereocenters. The molecule has 16 heavy (non-hydrogen) atoms. The summed E-state index contributed by atoms with van der Waals surface area (Å²) >= 11 is 0. The van der Waals surface area contributed by atoms with Crippen molar-refractivity contribution in [3.63, 3.8) is 0 Å². The van der Waals surface area contributed by atoms with Crippen LogP contribution in [0.15, 0.2) is 12.3 Å². The van der Waals surface area contributed by atoms with E-state index in [9.17, 15) is 21.6 Å². The fraction of sp³-hybridized carbons (Fsp3) is 0.167. The van der Waals surface area contributed by atoms with Gasteiger partial charge in [-0.05, 0) is 0 Å². The molecule has 1 aromatic heterocycles. The number of nitrogens with zero attached hydrogens (tertiary/aromatic N) is 3. The van der Waals surface area contributed by atoms with E-state index in [4.69, 9.17) is 5.26 Å². The molecule has 6 nitrogen and oxygen atoms in total. The molecule has 1 rings (SSSR count). The maximum absolute atomic E-state index is 11.9. The maximum Gasteiger partial charge on any atom is 0.534 e. The Morgan fingerprint density at radius 2 is 2.06 bits per heavy atom. The van der Waals surface area contributed by atoms with Gasteiger partial charge in [-0.2, -0.15) is 31.9 Å². The third kappa shape index (κ3) is 2.37. The second-order valence-corrected chi connectivity index (χ2v) is 3.88. The van der Waals surface area contributed by atoms with Gasteiger partial charge in [0.15, 0.2) is 5.75 Å². The van der Waals surface area contributed by atoms with Crippen LogP contribution in [0.4, 0.5) is 13.2 Å². The zero-order chi connectivity index (χ0) is 12.4. The molecular formula is C6H2F3N3O3S. The molecule has 0 unspecified atom stereocenters. The summed E-state index contributed by atoms with van der Waals surface area (Å²) < 4.78 is 60.6. The van der Waals surface area contributed by atoms with Gasteiger partial charge in [0.2, 0.25) is 5.69 Å². The molecule has 0 spiro atoms. The first-order valence-corrected chi connectivity index (χ1v) is 4.91. The van der Waals surface area contributed by atoms with Crippen molar-refractivity contribution in [2.24, 2.45) is 0 Å². The SMILES string of the molecule is N#Cc1nnccc1OS(=O)(=O)C(F)(F)F. The van der Waals surface area contributed by atoms with Crippen molar-refractivity contribution in [1.29, 1.82) is 5.26 Å². The summed E-state index contributed by atoms with van der Waals surface area (Å²) in [6.07, 6.45) is 0.891. The van der Waals surface area contributed by atoms with E-state index < -0.39 is 27.1 Å². The molecule has 1 heterocycles. The lowest BCUT2D eigenvalue weighted by Gasteiger charge is -2.08. The van der Waals surface area contributed by atoms with E-state index >= 15 is 0 Å². The van der Waals surface area contributed by atoms with Crippen LogP contribution >= 0.6 is 0 Å². The Morgan fingerprint density at radius 3 is 2.56 bits per heavy atom. The minimum Gasteiger partial charge on any atom is -0.373 e. The molecule has 0 amide bonds. The van der Waals surface area contributed by atoms with Crippen LogP contribution in [0, 0.1) is 11.3 Å². The van der Waals surface area contributed by atoms with Gasteiger partial charge in [-0.3, -0.25) is 0 Å². The molecule has 1 aromatic rings. The van der Waals surface area contributed by atoms with E-state index in [1.54, 1.807) is 0 Å². The lowest BCUT2D eigenvalue weighted by atomic mass is 10.4. The Balaban J connectivity index is 3.13. The highest BCUT2D eigenvalue weighted by Gasteiger charge is 2.48. The Morgan fingerprint density at radius 1 is 1.44 bits per heavy atom. The number of hydrogen-bond acceptors (Lipinski definition) is 6. The van der Waals surface area contributed by atoms with Gasteiger partial charge in [0.1, 0.15) is 6.07 Å². The van der Waals surface area contributed by atoms with Crippen LogP contribution < -0.4 is 4.18 Å². The van der Waals surface area contributed by atoms with Gasteiger partial charge in [-0.15, -0.1) is 5.10 Å². The van der Waals surface area contributed by atoms with Crippen LogP contribution in [0.3, 0.4) is 0 Å². The molecule has 0 fully saturated rings. The average molecular weight is 253 g/mol. The van der Waals surface area contributed by atoms with E-state index in [0.29, 0.717) is 0 Å². The highest BCUT2D eigenvalue weighted by molar-refractivity contribution is 7.88. The summed E-state index contributed by atoms with van der Waals surface area (Å²) in [5.74, 6) is -0.824. The van der Waals surface area contributed by atoms with Crippen molar-refractivity contribution in [2.75, 3.05) is 0 Å². The normalized spacial score (nSPS) is 11.9. The predicted octanol–water partition coefficient (Wildman–Crippen LogP) is 0.577. The molecule has 0 saturated carbocycles. The zero-order valence-electron chi connectivity index (χ0n) is 7.26. The molecule has 0 saturated heterocycles. The van der Waals surface area contributed by atoms with Crippen molar-refractivity contribution in [1.82, 2.24) is 10.2 Å². The fourth-order valence-corrected chi connectivity index (χ4v) is 1.10. The van der Waals surface area contributed by atoms with Crippen LogP contribution in [0.1, 0.15) is 5.69 Å². The first kappa shape index (κ1) is 12.2. The van der Waals surface area contributed by atoms with Gasteiger partial charge in [-0.25, -0.2) is 0 Å². The Labute approximate surface area is 87.4 Å². The Bertz CT molecular complexity index is 534. The van der Waals surface area contributed by atoms with E-state index in [-0.39, 0.29) is 0 Å². The van der Waals surface area contributed by atoms with Crippen molar-refractivity contribution in [3.8, 4) is 11.8 Å². The molecule has 86 valence electrons. The minimum atomic E-state index is -5.80. The maximum atomic E-state index is 11.9. The van der Waals surface area contributed by atoms with Crippen LogP contribution in [-0.4, -0.2) is 24.1 Å². The quantitative estimate of drug-likeness (QED) is 0.565. The molecule has 0 radical (unpaired) electrons. The van der Waals surface area contributed by atoms with Crippen LogP contribution in [0.2, 0.25) is 0 Å². The molecule has 0 bridgehead atoms. The summed E-state index contributed by atoms with van der Waals surface area (Å²) in [7, 11) is -5.80. The smallest absolute Gasteiger partial charge is 0.373 e. The summed E-state index contributed by atoms with van der Waals surface area (Å²) in [6, 6.07) is 2.13. The van der Waals surface area contributed by atoms with Gasteiger partial charge in [0, 0.05) is 6.07 Å². The fourth-order valence-electron chi connectivity index (χ4n) is 0.630. The molecular weight excluding hydrogens is 251 g/mol. The summed E-state index contributed by atoms with van der Waals surface area (Å²) in [4.78, 5) is 0.